The Morgan fingerprint density at radius 3 is 2.25 bits per heavy atom. The van der Waals surface area contributed by atoms with Crippen LogP contribution in [0.1, 0.15) is 107 Å². The van der Waals surface area contributed by atoms with Gasteiger partial charge in [0.05, 0.1) is 23.5 Å². The largest absolute Gasteiger partial charge is 0.507 e. The Kier molecular flexibility index (Phi) is 13.8. The van der Waals surface area contributed by atoms with Gasteiger partial charge in [-0.25, -0.2) is 29.7 Å². The number of nitrogens with one attached hydrogen (secondary N) is 1. The van der Waals surface area contributed by atoms with E-state index >= 15 is 0 Å². The number of anilines is 3. The first kappa shape index (κ1) is 50.6. The number of carbonyl (C=O) groups is 1. The number of aliphatic imine (C=N–C) groups is 1. The number of nitrogens with two attached hydrogens (primary N) is 1. The number of phenols is 1. The van der Waals surface area contributed by atoms with Crippen molar-refractivity contribution in [3.63, 3.8) is 0 Å². The van der Waals surface area contributed by atoms with Crippen LogP contribution in [0.2, 0.25) is 0 Å². The smallest absolute Gasteiger partial charge is 0.254 e. The third-order valence-electron chi connectivity index (χ3n) is 17.1. The number of ether oxygens (including phenoxy) is 1. The molecule has 6 atom stereocenters. The van der Waals surface area contributed by atoms with Gasteiger partial charge in [0.2, 0.25) is 17.6 Å². The molecule has 0 spiro atoms. The third kappa shape index (κ3) is 10.0. The zero-order valence-electron chi connectivity index (χ0n) is 43.8. The molecule has 5 N–H and O–H groups in total. The number of halogens is 1. The van der Waals surface area contributed by atoms with E-state index in [0.717, 1.165) is 100 Å². The van der Waals surface area contributed by atoms with E-state index in [2.05, 4.69) is 47.9 Å². The SMILES string of the molecule is CC(C)[C@@H](C(=O)N1C[C@H](O)C[C@H]1C1=N[C@](C)(c2ccc(-c3ccccc3F)cc2)ON1)c1cc(OC2CCC(N3CCC(c4cnc(N5C6CCC5CN(c5cc(-c7ccccc7O)nnc5N)C6)nc4)CC3)CC2)no1. The summed E-state index contributed by atoms with van der Waals surface area (Å²) in [5.41, 5.74) is 13.5. The molecule has 8 heterocycles. The first-order chi connectivity index (χ1) is 37.4. The number of piperazine rings is 1. The number of carbonyl (C=O) groups excluding carboxylic acids is 1. The number of β-amino-alcohol motifs (C(OH)–C–C–N with tert-alkyl or cyclic N) is 1. The number of nitrogens with zero attached hydrogens (tertiary/aromatic N) is 10. The van der Waals surface area contributed by atoms with Gasteiger partial charge in [-0.1, -0.05) is 68.4 Å². The Labute approximate surface area is 447 Å². The predicted octanol–water partition coefficient (Wildman–Crippen LogP) is 7.95. The normalized spacial score (nSPS) is 26.3. The number of fused-ring (bicyclic) bond motifs is 2. The number of amides is 1. The molecule has 2 unspecified atom stereocenters. The number of benzene rings is 3. The summed E-state index contributed by atoms with van der Waals surface area (Å²) in [6.07, 6.45) is 11.7. The number of aromatic nitrogens is 5. The second kappa shape index (κ2) is 21.0. The Balaban J connectivity index is 0.616. The first-order valence-corrected chi connectivity index (χ1v) is 27.4. The number of aromatic hydroxyl groups is 1. The van der Waals surface area contributed by atoms with Gasteiger partial charge in [-0.2, -0.15) is 0 Å². The van der Waals surface area contributed by atoms with Crippen molar-refractivity contribution in [1.29, 1.82) is 0 Å². The number of likely N-dealkylation sites (tertiary alicyclic amines) is 2. The molecule has 1 amide bonds. The van der Waals surface area contributed by atoms with E-state index in [1.807, 2.05) is 63.2 Å². The van der Waals surface area contributed by atoms with Crippen molar-refractivity contribution in [3.8, 4) is 34.0 Å². The number of para-hydroxylation sites is 1. The molecule has 402 valence electrons. The molecule has 6 aromatic rings. The van der Waals surface area contributed by atoms with E-state index in [-0.39, 0.29) is 48.1 Å². The molecule has 0 radical (unpaired) electrons. The average molecular weight is 1050 g/mol. The van der Waals surface area contributed by atoms with Crippen LogP contribution >= 0.6 is 0 Å². The van der Waals surface area contributed by atoms with Crippen molar-refractivity contribution in [3.05, 3.63) is 120 Å². The summed E-state index contributed by atoms with van der Waals surface area (Å²) < 4.78 is 26.8. The molecular formula is C58H67FN12O6. The Morgan fingerprint density at radius 2 is 1.55 bits per heavy atom. The number of amidine groups is 1. The van der Waals surface area contributed by atoms with E-state index in [1.54, 1.807) is 41.3 Å². The summed E-state index contributed by atoms with van der Waals surface area (Å²) in [5, 5.41) is 34.2. The van der Waals surface area contributed by atoms with Gasteiger partial charge in [0.25, 0.3) is 5.88 Å². The van der Waals surface area contributed by atoms with E-state index < -0.39 is 23.8 Å². The summed E-state index contributed by atoms with van der Waals surface area (Å²) in [6.45, 7) is 9.51. The Hall–Kier alpha value is -7.22. The maximum absolute atomic E-state index is 14.5. The molecule has 1 saturated carbocycles. The van der Waals surface area contributed by atoms with E-state index in [1.165, 1.54) is 11.6 Å². The Bertz CT molecular complexity index is 3090. The van der Waals surface area contributed by atoms with Crippen molar-refractivity contribution in [2.75, 3.05) is 48.3 Å². The second-order valence-corrected chi connectivity index (χ2v) is 22.3. The summed E-state index contributed by atoms with van der Waals surface area (Å²) in [6, 6.07) is 25.3. The maximum Gasteiger partial charge on any atom is 0.254 e. The van der Waals surface area contributed by atoms with Gasteiger partial charge in [-0.15, -0.1) is 10.2 Å². The number of nitrogen functional groups attached to an aromatic ring is 1. The number of hydrogen-bond donors (Lipinski definition) is 4. The number of hydrogen-bond acceptors (Lipinski definition) is 17. The van der Waals surface area contributed by atoms with Gasteiger partial charge >= 0.3 is 0 Å². The lowest BCUT2D eigenvalue weighted by Crippen LogP contribution is -2.54. The van der Waals surface area contributed by atoms with Crippen LogP contribution in [-0.2, 0) is 15.4 Å². The summed E-state index contributed by atoms with van der Waals surface area (Å²) in [7, 11) is 0. The molecule has 2 bridgehead atoms. The highest BCUT2D eigenvalue weighted by Crippen LogP contribution is 2.41. The predicted molar refractivity (Wildman–Crippen MR) is 288 cm³/mol. The van der Waals surface area contributed by atoms with E-state index in [4.69, 9.17) is 34.8 Å². The molecule has 1 aliphatic carbocycles. The molecule has 19 heteroatoms. The zero-order chi connectivity index (χ0) is 53.0. The minimum atomic E-state index is -1.11. The van der Waals surface area contributed by atoms with Crippen LogP contribution in [-0.4, -0.2) is 126 Å². The lowest BCUT2D eigenvalue weighted by Gasteiger charge is -2.42. The summed E-state index contributed by atoms with van der Waals surface area (Å²) in [5.74, 6) is 1.69. The molecular weight excluding hydrogens is 980 g/mol. The lowest BCUT2D eigenvalue weighted by atomic mass is 9.87. The van der Waals surface area contributed by atoms with Crippen LogP contribution in [0.5, 0.6) is 11.6 Å². The summed E-state index contributed by atoms with van der Waals surface area (Å²) in [4.78, 5) is 44.5. The average Bonchev–Trinajstić information content (AvgIpc) is 4.30. The molecule has 5 aliphatic heterocycles. The van der Waals surface area contributed by atoms with Crippen LogP contribution < -0.4 is 25.8 Å². The number of phenolic OH excluding ortho intramolecular Hbond substituents is 1. The fourth-order valence-corrected chi connectivity index (χ4v) is 12.9. The standard InChI is InChI=1S/C58H67FN12O6/c1-34(2)53(56(74)70-33-42(72)26-49(70)55-63-58(3,77-67-55)38-14-12-36(13-15-38)44-8-4-6-10-46(44)59)51-28-52(66-76-51)75-43-20-18-39(19-21-43)68-24-22-35(23-25-68)37-29-61-57(62-30-37)71-40-16-17-41(71)32-69(31-40)48-27-47(64-65-54(48)60)45-9-5-7-11-50(45)73/h4-15,27-30,34-35,39-43,49,53,72-73H,16-26,31-33H2,1-3H3,(H2,60,65)(H,63,67)/t39?,40?,41?,42-,43?,49+,53-,58+/m1/s1. The van der Waals surface area contributed by atoms with Gasteiger partial charge in [-0.3, -0.25) is 4.79 Å². The van der Waals surface area contributed by atoms with Crippen molar-refractivity contribution in [2.45, 2.75) is 132 Å². The number of rotatable bonds is 13. The monoisotopic (exact) mass is 1050 g/mol. The maximum atomic E-state index is 14.5. The number of aliphatic hydroxyl groups is 1. The van der Waals surface area contributed by atoms with Gasteiger partial charge in [0.15, 0.2) is 11.6 Å². The van der Waals surface area contributed by atoms with Crippen molar-refractivity contribution >= 4 is 29.2 Å². The highest BCUT2D eigenvalue weighted by Gasteiger charge is 2.47. The third-order valence-corrected chi connectivity index (χ3v) is 17.1. The second-order valence-electron chi connectivity index (χ2n) is 22.3. The van der Waals surface area contributed by atoms with Crippen LogP contribution in [0, 0.1) is 11.7 Å². The minimum absolute atomic E-state index is 0.00734. The van der Waals surface area contributed by atoms with Crippen molar-refractivity contribution in [1.82, 2.24) is 40.6 Å². The number of hydroxylamine groups is 1. The van der Waals surface area contributed by atoms with Crippen LogP contribution in [0.25, 0.3) is 22.4 Å². The highest BCUT2D eigenvalue weighted by molar-refractivity contribution is 5.94. The minimum Gasteiger partial charge on any atom is -0.507 e. The van der Waals surface area contributed by atoms with Gasteiger partial charge in [-0.05, 0) is 124 Å². The molecule has 3 aromatic heterocycles. The molecule has 6 aliphatic rings. The molecule has 3 aromatic carbocycles. The number of piperidine rings is 1. The first-order valence-electron chi connectivity index (χ1n) is 27.4. The molecule has 12 rings (SSSR count). The van der Waals surface area contributed by atoms with Crippen molar-refractivity contribution in [2.24, 2.45) is 10.9 Å². The van der Waals surface area contributed by atoms with E-state index in [0.29, 0.717) is 58.5 Å². The van der Waals surface area contributed by atoms with Crippen LogP contribution in [0.4, 0.5) is 21.8 Å². The summed E-state index contributed by atoms with van der Waals surface area (Å²) >= 11 is 0. The van der Waals surface area contributed by atoms with Crippen LogP contribution in [0.3, 0.4) is 0 Å². The van der Waals surface area contributed by atoms with Gasteiger partial charge in [0, 0.05) is 79.3 Å². The number of aliphatic hydroxyl groups excluding tert-OH is 1. The highest BCUT2D eigenvalue weighted by atomic mass is 19.1. The lowest BCUT2D eigenvalue weighted by molar-refractivity contribution is -0.134. The van der Waals surface area contributed by atoms with Crippen LogP contribution in [0.15, 0.2) is 107 Å². The molecule has 18 nitrogen and oxygen atoms in total. The molecule has 5 fully saturated rings. The quantitative estimate of drug-likeness (QED) is 0.0863. The Morgan fingerprint density at radius 1 is 0.857 bits per heavy atom. The topological polar surface area (TPSA) is 217 Å². The van der Waals surface area contributed by atoms with Crippen molar-refractivity contribution < 1.29 is 33.5 Å². The molecule has 4 saturated heterocycles. The fourth-order valence-electron chi connectivity index (χ4n) is 12.9. The van der Waals surface area contributed by atoms with Gasteiger partial charge < -0.3 is 44.8 Å². The fraction of sp³-hybridized carbons (Fsp3) is 0.466. The van der Waals surface area contributed by atoms with Gasteiger partial charge in [0.1, 0.15) is 29.4 Å². The van der Waals surface area contributed by atoms with E-state index in [9.17, 15) is 19.4 Å². The molecule has 77 heavy (non-hydrogen) atoms. The zero-order valence-corrected chi connectivity index (χ0v) is 43.8.